The molecule has 1 aromatic rings. The first-order valence-corrected chi connectivity index (χ1v) is 9.91. The van der Waals surface area contributed by atoms with Crippen LogP contribution in [0.15, 0.2) is 24.3 Å². The minimum atomic E-state index is -0.232. The van der Waals surface area contributed by atoms with Crippen molar-refractivity contribution in [3.63, 3.8) is 0 Å². The first-order valence-electron chi connectivity index (χ1n) is 9.91. The predicted octanol–water partition coefficient (Wildman–Crippen LogP) is 4.07. The quantitative estimate of drug-likeness (QED) is 0.887. The zero-order valence-corrected chi connectivity index (χ0v) is 16.5. The van der Waals surface area contributed by atoms with Crippen molar-refractivity contribution >= 4 is 17.5 Å². The molecule has 4 heteroatoms. The second-order valence-corrected chi connectivity index (χ2v) is 9.16. The zero-order valence-electron chi connectivity index (χ0n) is 16.5. The summed E-state index contributed by atoms with van der Waals surface area (Å²) in [6, 6.07) is 8.19. The van der Waals surface area contributed by atoms with Crippen LogP contribution in [0.25, 0.3) is 0 Å². The number of benzene rings is 1. The number of hydrogen-bond acceptors (Lipinski definition) is 2. The lowest BCUT2D eigenvalue weighted by atomic mass is 9.71. The molecule has 2 amide bonds. The number of nitrogens with one attached hydrogen (secondary N) is 1. The number of rotatable bonds is 3. The topological polar surface area (TPSA) is 49.4 Å². The molecule has 1 aliphatic heterocycles. The molecule has 142 valence electrons. The fourth-order valence-corrected chi connectivity index (χ4v) is 4.28. The lowest BCUT2D eigenvalue weighted by molar-refractivity contribution is -0.127. The van der Waals surface area contributed by atoms with Gasteiger partial charge in [0.2, 0.25) is 11.8 Å². The summed E-state index contributed by atoms with van der Waals surface area (Å²) in [6.45, 7) is 9.44. The van der Waals surface area contributed by atoms with Crippen LogP contribution in [0.4, 0.5) is 5.69 Å². The summed E-state index contributed by atoms with van der Waals surface area (Å²) >= 11 is 0. The van der Waals surface area contributed by atoms with Gasteiger partial charge in [0.1, 0.15) is 0 Å². The molecule has 1 saturated carbocycles. The van der Waals surface area contributed by atoms with Gasteiger partial charge in [-0.05, 0) is 56.1 Å². The largest absolute Gasteiger partial charge is 0.353 e. The Labute approximate surface area is 157 Å². The first kappa shape index (κ1) is 18.9. The number of aryl methyl sites for hydroxylation is 1. The smallest absolute Gasteiger partial charge is 0.227 e. The van der Waals surface area contributed by atoms with Crippen molar-refractivity contribution in [3.8, 4) is 0 Å². The summed E-state index contributed by atoms with van der Waals surface area (Å²) in [6.07, 6.45) is 4.77. The van der Waals surface area contributed by atoms with E-state index in [2.05, 4.69) is 26.1 Å². The van der Waals surface area contributed by atoms with Gasteiger partial charge in [-0.2, -0.15) is 0 Å². The second kappa shape index (κ2) is 7.42. The van der Waals surface area contributed by atoms with Crippen molar-refractivity contribution in [2.75, 3.05) is 11.4 Å². The fourth-order valence-electron chi connectivity index (χ4n) is 4.28. The summed E-state index contributed by atoms with van der Waals surface area (Å²) in [5, 5.41) is 3.22. The summed E-state index contributed by atoms with van der Waals surface area (Å²) in [5.74, 6) is 0.600. The Bertz CT molecular complexity index is 652. The Kier molecular flexibility index (Phi) is 5.40. The normalized spacial score (nSPS) is 26.8. The van der Waals surface area contributed by atoms with E-state index < -0.39 is 0 Å². The van der Waals surface area contributed by atoms with Crippen molar-refractivity contribution in [2.24, 2.45) is 17.3 Å². The van der Waals surface area contributed by atoms with E-state index in [1.807, 2.05) is 31.2 Å². The first-order chi connectivity index (χ1) is 12.2. The molecule has 1 N–H and O–H groups in total. The molecule has 0 unspecified atom stereocenters. The molecular formula is C22H32N2O2. The van der Waals surface area contributed by atoms with Crippen LogP contribution in [0.3, 0.4) is 0 Å². The number of nitrogens with zero attached hydrogens (tertiary/aromatic N) is 1. The molecule has 4 nitrogen and oxygen atoms in total. The van der Waals surface area contributed by atoms with Gasteiger partial charge in [-0.15, -0.1) is 0 Å². The Balaban J connectivity index is 1.53. The molecule has 0 radical (unpaired) electrons. The van der Waals surface area contributed by atoms with Crippen LogP contribution in [-0.2, 0) is 9.59 Å². The molecule has 2 aliphatic rings. The van der Waals surface area contributed by atoms with Gasteiger partial charge in [0.25, 0.3) is 0 Å². The Morgan fingerprint density at radius 1 is 1.08 bits per heavy atom. The van der Waals surface area contributed by atoms with Gasteiger partial charge in [-0.3, -0.25) is 9.59 Å². The highest BCUT2D eigenvalue weighted by atomic mass is 16.2. The molecule has 0 bridgehead atoms. The molecule has 0 aromatic heterocycles. The van der Waals surface area contributed by atoms with Gasteiger partial charge in [-0.1, -0.05) is 38.5 Å². The molecule has 1 heterocycles. The highest BCUT2D eigenvalue weighted by Crippen LogP contribution is 2.38. The minimum absolute atomic E-state index is 0.0467. The van der Waals surface area contributed by atoms with E-state index in [-0.39, 0.29) is 23.8 Å². The maximum Gasteiger partial charge on any atom is 0.227 e. The summed E-state index contributed by atoms with van der Waals surface area (Å²) in [7, 11) is 0. The van der Waals surface area contributed by atoms with E-state index in [0.29, 0.717) is 18.4 Å². The standard InChI is InChI=1S/C22H32N2O2/c1-15-5-11-19(12-6-15)24-14-16(13-20(24)25)21(26)23-18-9-7-17(8-10-18)22(2,3)4/h5-6,11-12,16-18H,7-10,13-14H2,1-4H3,(H,23,26)/t16-,17?,18?/m0/s1. The summed E-state index contributed by atoms with van der Waals surface area (Å²) < 4.78 is 0. The van der Waals surface area contributed by atoms with Gasteiger partial charge in [0.15, 0.2) is 0 Å². The van der Waals surface area contributed by atoms with E-state index in [0.717, 1.165) is 24.4 Å². The van der Waals surface area contributed by atoms with E-state index >= 15 is 0 Å². The third kappa shape index (κ3) is 4.28. The fraction of sp³-hybridized carbons (Fsp3) is 0.636. The van der Waals surface area contributed by atoms with Crippen LogP contribution < -0.4 is 10.2 Å². The maximum atomic E-state index is 12.7. The average molecular weight is 357 g/mol. The highest BCUT2D eigenvalue weighted by Gasteiger charge is 2.37. The average Bonchev–Trinajstić information content (AvgIpc) is 2.97. The molecule has 1 atom stereocenters. The summed E-state index contributed by atoms with van der Waals surface area (Å²) in [5.41, 5.74) is 2.41. The van der Waals surface area contributed by atoms with E-state index in [1.54, 1.807) is 4.90 Å². The van der Waals surface area contributed by atoms with E-state index in [4.69, 9.17) is 0 Å². The Hall–Kier alpha value is -1.84. The molecule has 1 aliphatic carbocycles. The lowest BCUT2D eigenvalue weighted by Gasteiger charge is -2.37. The van der Waals surface area contributed by atoms with Gasteiger partial charge in [0, 0.05) is 24.7 Å². The number of carbonyl (C=O) groups excluding carboxylic acids is 2. The van der Waals surface area contributed by atoms with Crippen molar-refractivity contribution in [2.45, 2.75) is 65.8 Å². The SMILES string of the molecule is Cc1ccc(N2C[C@@H](C(=O)NC3CCC(C(C)(C)C)CC3)CC2=O)cc1. The monoisotopic (exact) mass is 356 g/mol. The van der Waals surface area contributed by atoms with Gasteiger partial charge in [0.05, 0.1) is 5.92 Å². The summed E-state index contributed by atoms with van der Waals surface area (Å²) in [4.78, 5) is 26.8. The molecule has 3 rings (SSSR count). The van der Waals surface area contributed by atoms with Crippen molar-refractivity contribution in [3.05, 3.63) is 29.8 Å². The molecular weight excluding hydrogens is 324 g/mol. The molecule has 1 aromatic carbocycles. The molecule has 0 spiro atoms. The van der Waals surface area contributed by atoms with Crippen molar-refractivity contribution in [1.82, 2.24) is 5.32 Å². The van der Waals surface area contributed by atoms with Gasteiger partial charge in [-0.25, -0.2) is 0 Å². The van der Waals surface area contributed by atoms with Gasteiger partial charge < -0.3 is 10.2 Å². The van der Waals surface area contributed by atoms with E-state index in [1.165, 1.54) is 18.4 Å². The molecule has 1 saturated heterocycles. The van der Waals surface area contributed by atoms with Crippen LogP contribution >= 0.6 is 0 Å². The second-order valence-electron chi connectivity index (χ2n) is 9.16. The maximum absolute atomic E-state index is 12.7. The van der Waals surface area contributed by atoms with Crippen LogP contribution in [0.2, 0.25) is 0 Å². The third-order valence-corrected chi connectivity index (χ3v) is 6.14. The Morgan fingerprint density at radius 3 is 2.27 bits per heavy atom. The van der Waals surface area contributed by atoms with Crippen LogP contribution in [-0.4, -0.2) is 24.4 Å². The van der Waals surface area contributed by atoms with Crippen molar-refractivity contribution < 1.29 is 9.59 Å². The van der Waals surface area contributed by atoms with Crippen LogP contribution in [0, 0.1) is 24.2 Å². The zero-order chi connectivity index (χ0) is 18.9. The number of carbonyl (C=O) groups is 2. The Morgan fingerprint density at radius 2 is 1.69 bits per heavy atom. The highest BCUT2D eigenvalue weighted by molar-refractivity contribution is 6.00. The van der Waals surface area contributed by atoms with Gasteiger partial charge >= 0.3 is 0 Å². The minimum Gasteiger partial charge on any atom is -0.353 e. The number of hydrogen-bond donors (Lipinski definition) is 1. The molecule has 2 fully saturated rings. The molecule has 26 heavy (non-hydrogen) atoms. The lowest BCUT2D eigenvalue weighted by Crippen LogP contribution is -2.42. The van der Waals surface area contributed by atoms with E-state index in [9.17, 15) is 9.59 Å². The predicted molar refractivity (Wildman–Crippen MR) is 105 cm³/mol. The third-order valence-electron chi connectivity index (χ3n) is 6.14. The van der Waals surface area contributed by atoms with Crippen LogP contribution in [0.5, 0.6) is 0 Å². The van der Waals surface area contributed by atoms with Crippen LogP contribution in [0.1, 0.15) is 58.4 Å². The van der Waals surface area contributed by atoms with Crippen molar-refractivity contribution in [1.29, 1.82) is 0 Å². The number of anilines is 1. The number of amides is 2.